The Labute approximate surface area is 149 Å². The highest BCUT2D eigenvalue weighted by molar-refractivity contribution is 5.83. The Kier molecular flexibility index (Phi) is 3.65. The van der Waals surface area contributed by atoms with Crippen molar-refractivity contribution < 1.29 is 4.79 Å². The minimum absolute atomic E-state index is 0.00506. The van der Waals surface area contributed by atoms with Crippen molar-refractivity contribution >= 4 is 16.8 Å². The zero-order valence-corrected chi connectivity index (χ0v) is 14.9. The molecule has 2 aromatic rings. The van der Waals surface area contributed by atoms with E-state index in [1.54, 1.807) is 0 Å². The lowest BCUT2D eigenvalue weighted by molar-refractivity contribution is -0.146. The Morgan fingerprint density at radius 1 is 1.04 bits per heavy atom. The van der Waals surface area contributed by atoms with E-state index in [-0.39, 0.29) is 5.41 Å². The summed E-state index contributed by atoms with van der Waals surface area (Å²) < 4.78 is 2.30. The first kappa shape index (κ1) is 15.5. The quantitative estimate of drug-likeness (QED) is 0.809. The summed E-state index contributed by atoms with van der Waals surface area (Å²) in [5.41, 5.74) is 1.28. The van der Waals surface area contributed by atoms with Gasteiger partial charge in [-0.2, -0.15) is 0 Å². The molecule has 1 aromatic carbocycles. The van der Waals surface area contributed by atoms with Crippen molar-refractivity contribution in [3.8, 4) is 0 Å². The largest absolute Gasteiger partial charge is 0.356 e. The molecular formula is C22H28N2O. The Balaban J connectivity index is 1.17. The lowest BCUT2D eigenvalue weighted by atomic mass is 9.49. The highest BCUT2D eigenvalue weighted by Crippen LogP contribution is 2.60. The van der Waals surface area contributed by atoms with Gasteiger partial charge in [0.1, 0.15) is 0 Å². The van der Waals surface area contributed by atoms with Gasteiger partial charge < -0.3 is 9.88 Å². The van der Waals surface area contributed by atoms with Crippen LogP contribution in [0.2, 0.25) is 0 Å². The molecule has 0 spiro atoms. The van der Waals surface area contributed by atoms with Crippen molar-refractivity contribution in [2.45, 2.75) is 51.5 Å². The second-order valence-corrected chi connectivity index (χ2v) is 8.88. The standard InChI is InChI=1S/C22H28N2O/c25-21(22-13-16-10-17(14-22)12-18(11-16)15-22)23-7-3-8-24-9-6-19-4-1-2-5-20(19)24/h1-2,4-6,9,16-18H,3,7-8,10-15H2,(H,23,25). The zero-order valence-electron chi connectivity index (χ0n) is 14.9. The van der Waals surface area contributed by atoms with Crippen molar-refractivity contribution in [2.75, 3.05) is 6.54 Å². The molecule has 1 heterocycles. The molecule has 3 heteroatoms. The van der Waals surface area contributed by atoms with Gasteiger partial charge in [0, 0.05) is 30.2 Å². The van der Waals surface area contributed by atoms with Crippen molar-refractivity contribution in [2.24, 2.45) is 23.2 Å². The lowest BCUT2D eigenvalue weighted by Crippen LogP contribution is -2.53. The highest BCUT2D eigenvalue weighted by Gasteiger charge is 2.54. The van der Waals surface area contributed by atoms with Gasteiger partial charge >= 0.3 is 0 Å². The third kappa shape index (κ3) is 2.68. The van der Waals surface area contributed by atoms with Crippen LogP contribution in [0.4, 0.5) is 0 Å². The zero-order chi connectivity index (χ0) is 16.9. The maximum absolute atomic E-state index is 13.0. The minimum Gasteiger partial charge on any atom is -0.356 e. The van der Waals surface area contributed by atoms with Crippen LogP contribution in [0.15, 0.2) is 36.5 Å². The molecule has 6 rings (SSSR count). The number of para-hydroxylation sites is 1. The van der Waals surface area contributed by atoms with E-state index in [2.05, 4.69) is 46.4 Å². The second-order valence-electron chi connectivity index (χ2n) is 8.88. The van der Waals surface area contributed by atoms with Crippen LogP contribution in [0, 0.1) is 23.2 Å². The van der Waals surface area contributed by atoms with Crippen LogP contribution in [-0.4, -0.2) is 17.0 Å². The number of nitrogens with zero attached hydrogens (tertiary/aromatic N) is 1. The maximum Gasteiger partial charge on any atom is 0.226 e. The second kappa shape index (κ2) is 5.89. The van der Waals surface area contributed by atoms with Crippen molar-refractivity contribution in [1.82, 2.24) is 9.88 Å². The van der Waals surface area contributed by atoms with E-state index in [1.165, 1.54) is 30.2 Å². The van der Waals surface area contributed by atoms with Gasteiger partial charge in [0.05, 0.1) is 0 Å². The molecule has 4 fully saturated rings. The molecule has 1 N–H and O–H groups in total. The van der Waals surface area contributed by atoms with Crippen LogP contribution in [0.5, 0.6) is 0 Å². The lowest BCUT2D eigenvalue weighted by Gasteiger charge is -2.55. The first-order valence-electron chi connectivity index (χ1n) is 10.0. The number of hydrogen-bond donors (Lipinski definition) is 1. The molecule has 4 saturated carbocycles. The number of hydrogen-bond acceptors (Lipinski definition) is 1. The number of aryl methyl sites for hydroxylation is 1. The summed E-state index contributed by atoms with van der Waals surface area (Å²) in [5.74, 6) is 2.87. The monoisotopic (exact) mass is 336 g/mol. The van der Waals surface area contributed by atoms with Gasteiger partial charge in [-0.3, -0.25) is 4.79 Å². The molecule has 0 radical (unpaired) electrons. The molecule has 4 aliphatic rings. The van der Waals surface area contributed by atoms with Crippen LogP contribution in [-0.2, 0) is 11.3 Å². The van der Waals surface area contributed by atoms with Crippen LogP contribution in [0.25, 0.3) is 10.9 Å². The average molecular weight is 336 g/mol. The van der Waals surface area contributed by atoms with Gasteiger partial charge in [-0.15, -0.1) is 0 Å². The van der Waals surface area contributed by atoms with Crippen LogP contribution < -0.4 is 5.32 Å². The number of benzene rings is 1. The Bertz CT molecular complexity index is 755. The summed E-state index contributed by atoms with van der Waals surface area (Å²) in [5, 5.41) is 4.59. The fourth-order valence-corrected chi connectivity index (χ4v) is 6.36. The summed E-state index contributed by atoms with van der Waals surface area (Å²) >= 11 is 0. The topological polar surface area (TPSA) is 34.0 Å². The predicted octanol–water partition coefficient (Wildman–Crippen LogP) is 4.36. The smallest absolute Gasteiger partial charge is 0.226 e. The van der Waals surface area contributed by atoms with Gasteiger partial charge in [-0.05, 0) is 80.2 Å². The normalized spacial score (nSPS) is 33.0. The van der Waals surface area contributed by atoms with E-state index in [0.29, 0.717) is 5.91 Å². The average Bonchev–Trinajstić information content (AvgIpc) is 3.00. The molecule has 0 unspecified atom stereocenters. The summed E-state index contributed by atoms with van der Waals surface area (Å²) in [7, 11) is 0. The van der Waals surface area contributed by atoms with E-state index in [4.69, 9.17) is 0 Å². The molecule has 132 valence electrons. The number of nitrogens with one attached hydrogen (secondary N) is 1. The Morgan fingerprint density at radius 2 is 1.72 bits per heavy atom. The van der Waals surface area contributed by atoms with E-state index in [1.807, 2.05) is 0 Å². The van der Waals surface area contributed by atoms with Crippen molar-refractivity contribution in [3.05, 3.63) is 36.5 Å². The summed E-state index contributed by atoms with van der Waals surface area (Å²) in [6, 6.07) is 10.7. The number of amides is 1. The van der Waals surface area contributed by atoms with E-state index < -0.39 is 0 Å². The number of aromatic nitrogens is 1. The number of carbonyl (C=O) groups is 1. The predicted molar refractivity (Wildman–Crippen MR) is 100 cm³/mol. The molecule has 0 saturated heterocycles. The molecule has 0 aliphatic heterocycles. The number of carbonyl (C=O) groups excluding carboxylic acids is 1. The SMILES string of the molecule is O=C(NCCCn1ccc2ccccc21)C12CC3CC(CC(C3)C1)C2. The molecule has 4 aliphatic carbocycles. The third-order valence-corrected chi connectivity index (χ3v) is 7.06. The molecular weight excluding hydrogens is 308 g/mol. The number of fused-ring (bicyclic) bond motifs is 1. The highest BCUT2D eigenvalue weighted by atomic mass is 16.2. The van der Waals surface area contributed by atoms with E-state index >= 15 is 0 Å². The summed E-state index contributed by atoms with van der Waals surface area (Å²) in [6.45, 7) is 1.77. The van der Waals surface area contributed by atoms with Crippen molar-refractivity contribution in [3.63, 3.8) is 0 Å². The van der Waals surface area contributed by atoms with Gasteiger partial charge in [0.2, 0.25) is 5.91 Å². The van der Waals surface area contributed by atoms with Crippen LogP contribution in [0.1, 0.15) is 44.9 Å². The van der Waals surface area contributed by atoms with Gasteiger partial charge in [0.15, 0.2) is 0 Å². The van der Waals surface area contributed by atoms with E-state index in [9.17, 15) is 4.79 Å². The fraction of sp³-hybridized carbons (Fsp3) is 0.591. The number of rotatable bonds is 5. The molecule has 4 bridgehead atoms. The fourth-order valence-electron chi connectivity index (χ4n) is 6.36. The Morgan fingerprint density at radius 3 is 2.44 bits per heavy atom. The molecule has 0 atom stereocenters. The summed E-state index contributed by atoms with van der Waals surface area (Å²) in [6.07, 6.45) is 10.8. The molecule has 3 nitrogen and oxygen atoms in total. The Hall–Kier alpha value is -1.77. The first-order chi connectivity index (χ1) is 12.2. The third-order valence-electron chi connectivity index (χ3n) is 7.06. The van der Waals surface area contributed by atoms with Gasteiger partial charge in [-0.25, -0.2) is 0 Å². The summed E-state index contributed by atoms with van der Waals surface area (Å²) in [4.78, 5) is 13.0. The van der Waals surface area contributed by atoms with Gasteiger partial charge in [0.25, 0.3) is 0 Å². The van der Waals surface area contributed by atoms with Crippen LogP contribution >= 0.6 is 0 Å². The molecule has 1 aromatic heterocycles. The molecule has 1 amide bonds. The van der Waals surface area contributed by atoms with Gasteiger partial charge in [-0.1, -0.05) is 18.2 Å². The minimum atomic E-state index is -0.00506. The van der Waals surface area contributed by atoms with E-state index in [0.717, 1.165) is 56.5 Å². The maximum atomic E-state index is 13.0. The molecule has 25 heavy (non-hydrogen) atoms. The van der Waals surface area contributed by atoms with Crippen molar-refractivity contribution in [1.29, 1.82) is 0 Å². The van der Waals surface area contributed by atoms with Crippen LogP contribution in [0.3, 0.4) is 0 Å². The first-order valence-corrected chi connectivity index (χ1v) is 10.0.